The number of nitrogens with zero attached hydrogens (tertiary/aromatic N) is 5. The number of aryl methyl sites for hydroxylation is 3. The van der Waals surface area contributed by atoms with Gasteiger partial charge in [0.05, 0.1) is 11.2 Å². The summed E-state index contributed by atoms with van der Waals surface area (Å²) in [5, 5.41) is 18.6. The summed E-state index contributed by atoms with van der Waals surface area (Å²) in [5.74, 6) is 1.42. The van der Waals surface area contributed by atoms with Gasteiger partial charge in [-0.25, -0.2) is 15.0 Å². The Hall–Kier alpha value is -4.02. The van der Waals surface area contributed by atoms with Gasteiger partial charge in [0, 0.05) is 53.6 Å². The van der Waals surface area contributed by atoms with Crippen molar-refractivity contribution in [2.45, 2.75) is 72.4 Å². The van der Waals surface area contributed by atoms with Crippen LogP contribution in [0.2, 0.25) is 0 Å². The number of para-hydroxylation sites is 1. The molecule has 206 valence electrons. The quantitative estimate of drug-likeness (QED) is 0.292. The Balaban J connectivity index is 1.44. The van der Waals surface area contributed by atoms with E-state index in [1.165, 1.54) is 5.56 Å². The summed E-state index contributed by atoms with van der Waals surface area (Å²) < 4.78 is 0. The number of nitriles is 1. The van der Waals surface area contributed by atoms with Crippen molar-refractivity contribution in [3.8, 4) is 6.07 Å². The van der Waals surface area contributed by atoms with E-state index < -0.39 is 0 Å². The van der Waals surface area contributed by atoms with Gasteiger partial charge in [0.15, 0.2) is 5.82 Å². The molecule has 0 saturated carbocycles. The predicted octanol–water partition coefficient (Wildman–Crippen LogP) is 6.51. The Morgan fingerprint density at radius 2 is 1.65 bits per heavy atom. The Bertz CT molecular complexity index is 1550. The van der Waals surface area contributed by atoms with Crippen LogP contribution in [0.3, 0.4) is 0 Å². The van der Waals surface area contributed by atoms with Gasteiger partial charge in [-0.05, 0) is 89.8 Å². The minimum absolute atomic E-state index is 0.0881. The maximum absolute atomic E-state index is 10.4. The van der Waals surface area contributed by atoms with Crippen LogP contribution in [0.15, 0.2) is 48.5 Å². The molecule has 3 heterocycles. The minimum atomic E-state index is 0.0881. The van der Waals surface area contributed by atoms with Crippen molar-refractivity contribution < 1.29 is 0 Å². The molecule has 0 bridgehead atoms. The van der Waals surface area contributed by atoms with Crippen LogP contribution >= 0.6 is 0 Å². The number of fused-ring (bicyclic) bond motifs is 1. The third kappa shape index (κ3) is 6.24. The first-order chi connectivity index (χ1) is 19.1. The maximum Gasteiger partial charge on any atom is 0.151 e. The summed E-state index contributed by atoms with van der Waals surface area (Å²) in [5.41, 5.74) is 7.72. The lowest BCUT2D eigenvalue weighted by Crippen LogP contribution is -2.49. The molecule has 1 fully saturated rings. The first-order valence-corrected chi connectivity index (χ1v) is 14.1. The Kier molecular flexibility index (Phi) is 7.73. The van der Waals surface area contributed by atoms with Gasteiger partial charge in [-0.2, -0.15) is 5.26 Å². The molecule has 40 heavy (non-hydrogen) atoms. The van der Waals surface area contributed by atoms with Crippen molar-refractivity contribution in [2.75, 3.05) is 23.3 Å². The monoisotopic (exact) mass is 533 g/mol. The van der Waals surface area contributed by atoms with E-state index in [1.807, 2.05) is 44.2 Å². The molecule has 0 atom stereocenters. The van der Waals surface area contributed by atoms with E-state index in [0.29, 0.717) is 23.8 Å². The van der Waals surface area contributed by atoms with Crippen molar-refractivity contribution >= 4 is 28.1 Å². The van der Waals surface area contributed by atoms with Crippen LogP contribution in [-0.2, 0) is 6.42 Å². The molecule has 1 aliphatic heterocycles. The van der Waals surface area contributed by atoms with Gasteiger partial charge in [-0.1, -0.05) is 24.3 Å². The minimum Gasteiger partial charge on any atom is -0.370 e. The molecule has 0 spiro atoms. The van der Waals surface area contributed by atoms with Crippen molar-refractivity contribution in [2.24, 2.45) is 0 Å². The van der Waals surface area contributed by atoms with E-state index in [0.717, 1.165) is 71.0 Å². The first-order valence-electron chi connectivity index (χ1n) is 14.1. The molecule has 0 radical (unpaired) electrons. The first kappa shape index (κ1) is 27.5. The van der Waals surface area contributed by atoms with E-state index in [-0.39, 0.29) is 5.54 Å². The van der Waals surface area contributed by atoms with E-state index in [9.17, 15) is 5.26 Å². The van der Waals surface area contributed by atoms with Crippen molar-refractivity contribution in [3.05, 3.63) is 82.4 Å². The number of anilines is 3. The molecule has 7 nitrogen and oxygen atoms in total. The van der Waals surface area contributed by atoms with Gasteiger partial charge in [-0.3, -0.25) is 0 Å². The van der Waals surface area contributed by atoms with Crippen LogP contribution < -0.4 is 15.5 Å². The Morgan fingerprint density at radius 1 is 0.950 bits per heavy atom. The Labute approximate surface area is 237 Å². The number of rotatable bonds is 6. The van der Waals surface area contributed by atoms with Gasteiger partial charge in [0.25, 0.3) is 0 Å². The number of hydrogen-bond donors (Lipinski definition) is 2. The average Bonchev–Trinajstić information content (AvgIpc) is 2.88. The third-order valence-electron chi connectivity index (χ3n) is 7.41. The highest BCUT2D eigenvalue weighted by atomic mass is 15.2. The second-order valence-corrected chi connectivity index (χ2v) is 12.0. The molecule has 1 aliphatic rings. The van der Waals surface area contributed by atoms with E-state index in [1.54, 1.807) is 0 Å². The van der Waals surface area contributed by atoms with Crippen LogP contribution in [0.5, 0.6) is 0 Å². The number of piperidine rings is 1. The van der Waals surface area contributed by atoms with Crippen LogP contribution in [0.4, 0.5) is 17.2 Å². The van der Waals surface area contributed by atoms with Crippen molar-refractivity contribution in [3.63, 3.8) is 0 Å². The highest BCUT2D eigenvalue weighted by molar-refractivity contribution is 5.98. The molecule has 2 N–H and O–H groups in total. The normalized spacial score (nSPS) is 14.4. The van der Waals surface area contributed by atoms with Crippen LogP contribution in [0.1, 0.15) is 67.5 Å². The van der Waals surface area contributed by atoms with Crippen LogP contribution in [0.25, 0.3) is 10.9 Å². The number of benzene rings is 2. The van der Waals surface area contributed by atoms with E-state index in [4.69, 9.17) is 4.98 Å². The molecule has 7 heteroatoms. The fourth-order valence-electron chi connectivity index (χ4n) is 5.74. The number of aromatic nitrogens is 3. The van der Waals surface area contributed by atoms with Gasteiger partial charge in [0.2, 0.25) is 0 Å². The molecule has 2 aromatic carbocycles. The van der Waals surface area contributed by atoms with E-state index in [2.05, 4.69) is 77.5 Å². The highest BCUT2D eigenvalue weighted by Crippen LogP contribution is 2.37. The smallest absolute Gasteiger partial charge is 0.151 e. The molecular formula is C33H39N7. The number of pyridine rings is 1. The van der Waals surface area contributed by atoms with Crippen LogP contribution in [0, 0.1) is 32.1 Å². The summed E-state index contributed by atoms with van der Waals surface area (Å²) in [7, 11) is 0. The topological polar surface area (TPSA) is 89.8 Å². The summed E-state index contributed by atoms with van der Waals surface area (Å²) in [4.78, 5) is 16.5. The third-order valence-corrected chi connectivity index (χ3v) is 7.41. The largest absolute Gasteiger partial charge is 0.370 e. The molecule has 0 aliphatic carbocycles. The molecule has 5 rings (SSSR count). The fourth-order valence-corrected chi connectivity index (χ4v) is 5.74. The number of nitrogens with one attached hydrogen (secondary N) is 2. The molecule has 0 amide bonds. The fraction of sp³-hybridized carbons (Fsp3) is 0.394. The molecule has 2 aromatic heterocycles. The van der Waals surface area contributed by atoms with Gasteiger partial charge >= 0.3 is 0 Å². The van der Waals surface area contributed by atoms with Crippen molar-refractivity contribution in [1.82, 2.24) is 20.3 Å². The van der Waals surface area contributed by atoms with Gasteiger partial charge in [-0.15, -0.1) is 0 Å². The summed E-state index contributed by atoms with van der Waals surface area (Å²) in [6.07, 6.45) is 2.75. The summed E-state index contributed by atoms with van der Waals surface area (Å²) in [6.45, 7) is 14.5. The number of hydrogen-bond acceptors (Lipinski definition) is 7. The highest BCUT2D eigenvalue weighted by Gasteiger charge is 2.27. The second-order valence-electron chi connectivity index (χ2n) is 12.0. The molecule has 4 aromatic rings. The lowest BCUT2D eigenvalue weighted by molar-refractivity contribution is 0.317. The SMILES string of the molecule is Cc1cc(C)nc(Cc2ccc(Nc3nc4ccccc4c(N4CCC(NC(C)(C)C)CC4)c3C#N)cc2C)n1. The standard InChI is InChI=1S/C33H39N7/c1-21-17-26(12-11-24(21)19-30-35-22(2)18-23(3)36-30)37-32-28(20-34)31(27-9-7-8-10-29(27)38-32)40-15-13-25(14-16-40)39-33(4,5)6/h7-12,17-18,25,39H,13-16,19H2,1-6H3,(H,37,38). The zero-order chi connectivity index (χ0) is 28.4. The molecule has 0 unspecified atom stereocenters. The van der Waals surface area contributed by atoms with Crippen LogP contribution in [-0.4, -0.2) is 39.6 Å². The Morgan fingerprint density at radius 3 is 2.30 bits per heavy atom. The molecular weight excluding hydrogens is 494 g/mol. The molecule has 1 saturated heterocycles. The van der Waals surface area contributed by atoms with Crippen molar-refractivity contribution in [1.29, 1.82) is 5.26 Å². The average molecular weight is 534 g/mol. The van der Waals surface area contributed by atoms with Gasteiger partial charge in [0.1, 0.15) is 17.5 Å². The summed E-state index contributed by atoms with van der Waals surface area (Å²) >= 11 is 0. The zero-order valence-corrected chi connectivity index (χ0v) is 24.5. The lowest BCUT2D eigenvalue weighted by Gasteiger charge is -2.38. The second kappa shape index (κ2) is 11.2. The predicted molar refractivity (Wildman–Crippen MR) is 163 cm³/mol. The van der Waals surface area contributed by atoms with E-state index >= 15 is 0 Å². The lowest BCUT2D eigenvalue weighted by atomic mass is 9.98. The maximum atomic E-state index is 10.4. The summed E-state index contributed by atoms with van der Waals surface area (Å²) in [6, 6.07) is 19.4. The zero-order valence-electron chi connectivity index (χ0n) is 24.5. The van der Waals surface area contributed by atoms with Gasteiger partial charge < -0.3 is 15.5 Å².